The Labute approximate surface area is 111 Å². The maximum atomic E-state index is 5.68. The topological polar surface area (TPSA) is 54.2 Å². The van der Waals surface area contributed by atoms with Crippen molar-refractivity contribution in [2.45, 2.75) is 30.8 Å². The Kier molecular flexibility index (Phi) is 2.44. The molecule has 5 atom stereocenters. The van der Waals surface area contributed by atoms with E-state index in [0.29, 0.717) is 23.7 Å². The minimum absolute atomic E-state index is 0.312. The Balaban J connectivity index is 1.40. The highest BCUT2D eigenvalue weighted by molar-refractivity contribution is 6.16. The van der Waals surface area contributed by atoms with Crippen LogP contribution in [-0.2, 0) is 5.88 Å². The number of halogens is 1. The largest absolute Gasteiger partial charge is 0.338 e. The third kappa shape index (κ3) is 1.54. The Hall–Kier alpha value is -0.650. The molecule has 1 aliphatic carbocycles. The average Bonchev–Trinajstić information content (AvgIpc) is 2.78. The molecule has 3 heterocycles. The number of piperidine rings is 1. The Morgan fingerprint density at radius 1 is 1.44 bits per heavy atom. The van der Waals surface area contributed by atoms with Gasteiger partial charge in [0.15, 0.2) is 5.82 Å². The van der Waals surface area contributed by atoms with Gasteiger partial charge in [0.1, 0.15) is 5.88 Å². The fraction of sp³-hybridized carbons (Fsp3) is 0.833. The molecule has 1 saturated carbocycles. The van der Waals surface area contributed by atoms with Gasteiger partial charge in [0, 0.05) is 37.6 Å². The zero-order valence-corrected chi connectivity index (χ0v) is 11.1. The molecule has 6 heteroatoms. The number of hydrogen-bond acceptors (Lipinski definition) is 5. The van der Waals surface area contributed by atoms with Gasteiger partial charge in [-0.25, -0.2) is 0 Å². The molecule has 0 aromatic carbocycles. The van der Waals surface area contributed by atoms with Crippen molar-refractivity contribution in [2.75, 3.05) is 19.6 Å². The Bertz CT molecular complexity index is 453. The first kappa shape index (κ1) is 11.2. The second-order valence-electron chi connectivity index (χ2n) is 5.75. The van der Waals surface area contributed by atoms with Crippen molar-refractivity contribution in [3.05, 3.63) is 11.7 Å². The summed E-state index contributed by atoms with van der Waals surface area (Å²) in [6.45, 7) is 5.79. The lowest BCUT2D eigenvalue weighted by molar-refractivity contribution is 0.115. The van der Waals surface area contributed by atoms with Crippen LogP contribution in [0.1, 0.15) is 24.6 Å². The van der Waals surface area contributed by atoms with Crippen LogP contribution in [-0.4, -0.2) is 46.8 Å². The van der Waals surface area contributed by atoms with E-state index in [0.717, 1.165) is 30.2 Å². The van der Waals surface area contributed by atoms with Crippen LogP contribution in [0.3, 0.4) is 0 Å². The summed E-state index contributed by atoms with van der Waals surface area (Å²) in [6, 6.07) is 1.39. The highest BCUT2D eigenvalue weighted by atomic mass is 35.5. The zero-order valence-electron chi connectivity index (χ0n) is 10.3. The molecule has 18 heavy (non-hydrogen) atoms. The van der Waals surface area contributed by atoms with E-state index in [9.17, 15) is 0 Å². The lowest BCUT2D eigenvalue weighted by Gasteiger charge is -2.42. The fourth-order valence-corrected chi connectivity index (χ4v) is 3.68. The quantitative estimate of drug-likeness (QED) is 0.823. The first-order valence-electron chi connectivity index (χ1n) is 6.64. The number of likely N-dealkylation sites (tertiary alicyclic amines) is 1. The number of rotatable bonds is 3. The Morgan fingerprint density at radius 2 is 2.22 bits per heavy atom. The van der Waals surface area contributed by atoms with Gasteiger partial charge in [-0.2, -0.15) is 4.98 Å². The molecular weight excluding hydrogens is 252 g/mol. The number of alkyl halides is 1. The van der Waals surface area contributed by atoms with Crippen LogP contribution in [0, 0.1) is 11.8 Å². The van der Waals surface area contributed by atoms with Gasteiger partial charge in [0.05, 0.1) is 0 Å². The summed E-state index contributed by atoms with van der Waals surface area (Å²) >= 11 is 5.68. The van der Waals surface area contributed by atoms with Crippen molar-refractivity contribution in [1.29, 1.82) is 0 Å². The van der Waals surface area contributed by atoms with Crippen molar-refractivity contribution in [3.8, 4) is 0 Å². The number of fused-ring (bicyclic) bond motifs is 1. The van der Waals surface area contributed by atoms with Crippen molar-refractivity contribution in [1.82, 2.24) is 20.4 Å². The molecule has 3 fully saturated rings. The SMILES string of the molecule is C[C@H]1NCC1N1C[C@@H]2[C@H](C1)[C@H]2c1noc(CCl)n1. The lowest BCUT2D eigenvalue weighted by Crippen LogP contribution is -2.63. The van der Waals surface area contributed by atoms with E-state index in [1.54, 1.807) is 0 Å². The summed E-state index contributed by atoms with van der Waals surface area (Å²) in [4.78, 5) is 6.97. The van der Waals surface area contributed by atoms with Gasteiger partial charge in [-0.3, -0.25) is 4.90 Å². The summed E-state index contributed by atoms with van der Waals surface area (Å²) in [7, 11) is 0. The van der Waals surface area contributed by atoms with Gasteiger partial charge in [0.2, 0.25) is 5.89 Å². The van der Waals surface area contributed by atoms with Gasteiger partial charge in [-0.05, 0) is 18.8 Å². The number of nitrogens with one attached hydrogen (secondary N) is 1. The van der Waals surface area contributed by atoms with Crippen LogP contribution in [0.4, 0.5) is 0 Å². The molecule has 5 nitrogen and oxygen atoms in total. The fourth-order valence-electron chi connectivity index (χ4n) is 3.57. The molecule has 4 rings (SSSR count). The number of aromatic nitrogens is 2. The van der Waals surface area contributed by atoms with E-state index in [1.165, 1.54) is 13.1 Å². The summed E-state index contributed by atoms with van der Waals surface area (Å²) in [5, 5.41) is 7.47. The van der Waals surface area contributed by atoms with Crippen LogP contribution < -0.4 is 5.32 Å². The molecule has 2 aliphatic heterocycles. The molecule has 1 aromatic heterocycles. The first-order chi connectivity index (χ1) is 8.78. The third-order valence-electron chi connectivity index (χ3n) is 4.81. The minimum atomic E-state index is 0.312. The summed E-state index contributed by atoms with van der Waals surface area (Å²) in [5.74, 6) is 3.72. The van der Waals surface area contributed by atoms with E-state index < -0.39 is 0 Å². The average molecular weight is 269 g/mol. The Morgan fingerprint density at radius 3 is 2.72 bits per heavy atom. The standard InChI is InChI=1S/C12H17ClN4O/c1-6-9(3-14-6)17-4-7-8(5-17)11(7)12-15-10(2-13)18-16-12/h6-9,11,14H,2-5H2,1H3/t6-,7-,8+,9?,11+/m1/s1. The first-order valence-corrected chi connectivity index (χ1v) is 7.17. The lowest BCUT2D eigenvalue weighted by atomic mass is 10.00. The molecule has 2 saturated heterocycles. The van der Waals surface area contributed by atoms with Crippen LogP contribution >= 0.6 is 11.6 Å². The van der Waals surface area contributed by atoms with Gasteiger partial charge in [-0.1, -0.05) is 5.16 Å². The molecule has 0 bridgehead atoms. The van der Waals surface area contributed by atoms with E-state index in [1.807, 2.05) is 0 Å². The highest BCUT2D eigenvalue weighted by Crippen LogP contribution is 2.57. The van der Waals surface area contributed by atoms with Crippen LogP contribution in [0.25, 0.3) is 0 Å². The maximum absolute atomic E-state index is 5.68. The second kappa shape index (κ2) is 3.92. The molecular formula is C12H17ClN4O. The van der Waals surface area contributed by atoms with Crippen molar-refractivity contribution in [2.24, 2.45) is 11.8 Å². The second-order valence-corrected chi connectivity index (χ2v) is 6.02. The zero-order chi connectivity index (χ0) is 12.3. The monoisotopic (exact) mass is 268 g/mol. The maximum Gasteiger partial charge on any atom is 0.241 e. The molecule has 98 valence electrons. The molecule has 1 unspecified atom stereocenters. The molecule has 0 radical (unpaired) electrons. The normalized spacial score (nSPS) is 42.7. The van der Waals surface area contributed by atoms with Gasteiger partial charge < -0.3 is 9.84 Å². The predicted octanol–water partition coefficient (Wildman–Crippen LogP) is 0.814. The molecule has 0 spiro atoms. The third-order valence-corrected chi connectivity index (χ3v) is 5.04. The van der Waals surface area contributed by atoms with E-state index in [4.69, 9.17) is 16.1 Å². The van der Waals surface area contributed by atoms with Crippen molar-refractivity contribution >= 4 is 11.6 Å². The predicted molar refractivity (Wildman–Crippen MR) is 66.4 cm³/mol. The van der Waals surface area contributed by atoms with Crippen LogP contribution in [0.5, 0.6) is 0 Å². The van der Waals surface area contributed by atoms with Gasteiger partial charge in [0.25, 0.3) is 0 Å². The van der Waals surface area contributed by atoms with Gasteiger partial charge >= 0.3 is 0 Å². The summed E-state index contributed by atoms with van der Waals surface area (Å²) < 4.78 is 5.09. The summed E-state index contributed by atoms with van der Waals surface area (Å²) in [5.41, 5.74) is 0. The smallest absolute Gasteiger partial charge is 0.241 e. The molecule has 0 amide bonds. The molecule has 1 aromatic rings. The highest BCUT2D eigenvalue weighted by Gasteiger charge is 2.59. The summed E-state index contributed by atoms with van der Waals surface area (Å²) in [6.07, 6.45) is 0. The van der Waals surface area contributed by atoms with E-state index >= 15 is 0 Å². The van der Waals surface area contributed by atoms with Crippen molar-refractivity contribution < 1.29 is 4.52 Å². The van der Waals surface area contributed by atoms with E-state index in [-0.39, 0.29) is 0 Å². The van der Waals surface area contributed by atoms with Gasteiger partial charge in [-0.15, -0.1) is 11.6 Å². The van der Waals surface area contributed by atoms with E-state index in [2.05, 4.69) is 27.3 Å². The number of hydrogen-bond donors (Lipinski definition) is 1. The van der Waals surface area contributed by atoms with Crippen LogP contribution in [0.2, 0.25) is 0 Å². The number of nitrogens with zero attached hydrogens (tertiary/aromatic N) is 3. The van der Waals surface area contributed by atoms with Crippen molar-refractivity contribution in [3.63, 3.8) is 0 Å². The minimum Gasteiger partial charge on any atom is -0.338 e. The van der Waals surface area contributed by atoms with Crippen LogP contribution in [0.15, 0.2) is 4.52 Å². The molecule has 3 aliphatic rings. The molecule has 1 N–H and O–H groups in total.